The maximum absolute atomic E-state index is 6.42. The van der Waals surface area contributed by atoms with E-state index >= 15 is 0 Å². The molecule has 0 spiro atoms. The Morgan fingerprint density at radius 3 is 2.89 bits per heavy atom. The Hall–Kier alpha value is -2.77. The highest BCUT2D eigenvalue weighted by Gasteiger charge is 2.23. The molecule has 0 aliphatic carbocycles. The van der Waals surface area contributed by atoms with Gasteiger partial charge < -0.3 is 24.8 Å². The van der Waals surface area contributed by atoms with Crippen molar-refractivity contribution in [3.8, 4) is 17.2 Å². The maximum Gasteiger partial charge on any atom is 0.231 e. The molecule has 0 amide bonds. The van der Waals surface area contributed by atoms with Crippen LogP contribution < -0.4 is 24.8 Å². The molecule has 0 unspecified atom stereocenters. The van der Waals surface area contributed by atoms with Crippen molar-refractivity contribution < 1.29 is 14.2 Å². The van der Waals surface area contributed by atoms with Crippen LogP contribution in [-0.2, 0) is 0 Å². The molecular formula is C20H19ClN4O3. The molecule has 7 nitrogen and oxygen atoms in total. The zero-order valence-corrected chi connectivity index (χ0v) is 15.8. The Bertz CT molecular complexity index is 1020. The Labute approximate surface area is 167 Å². The second kappa shape index (κ2) is 7.33. The van der Waals surface area contributed by atoms with E-state index in [0.717, 1.165) is 42.6 Å². The average Bonchev–Trinajstić information content (AvgIpc) is 3.20. The second-order valence-corrected chi connectivity index (χ2v) is 7.13. The minimum absolute atomic E-state index is 0.166. The van der Waals surface area contributed by atoms with Crippen molar-refractivity contribution in [3.63, 3.8) is 0 Å². The zero-order chi connectivity index (χ0) is 18.9. The Morgan fingerprint density at radius 1 is 1.11 bits per heavy atom. The summed E-state index contributed by atoms with van der Waals surface area (Å²) in [6.07, 6.45) is 3.63. The maximum atomic E-state index is 6.42. The number of piperidine rings is 1. The number of nitrogens with one attached hydrogen (secondary N) is 2. The summed E-state index contributed by atoms with van der Waals surface area (Å²) in [7, 11) is 0. The molecule has 0 radical (unpaired) electrons. The smallest absolute Gasteiger partial charge is 0.231 e. The third-order valence-corrected chi connectivity index (χ3v) is 5.25. The van der Waals surface area contributed by atoms with Crippen LogP contribution in [0, 0.1) is 0 Å². The number of fused-ring (bicyclic) bond motifs is 2. The molecule has 28 heavy (non-hydrogen) atoms. The summed E-state index contributed by atoms with van der Waals surface area (Å²) >= 11 is 6.42. The topological polar surface area (TPSA) is 77.5 Å². The van der Waals surface area contributed by atoms with E-state index in [9.17, 15) is 0 Å². The van der Waals surface area contributed by atoms with Crippen LogP contribution in [-0.4, -0.2) is 36.0 Å². The van der Waals surface area contributed by atoms with Gasteiger partial charge in [0, 0.05) is 0 Å². The molecule has 2 aliphatic heterocycles. The molecule has 5 rings (SSSR count). The summed E-state index contributed by atoms with van der Waals surface area (Å²) < 4.78 is 17.4. The van der Waals surface area contributed by atoms with Crippen molar-refractivity contribution in [3.05, 3.63) is 41.7 Å². The van der Waals surface area contributed by atoms with Crippen LogP contribution in [0.3, 0.4) is 0 Å². The molecule has 2 aliphatic rings. The fourth-order valence-corrected chi connectivity index (χ4v) is 3.74. The molecule has 3 aromatic rings. The number of benzene rings is 2. The van der Waals surface area contributed by atoms with Crippen LogP contribution in [0.1, 0.15) is 12.8 Å². The number of rotatable bonds is 4. The summed E-state index contributed by atoms with van der Waals surface area (Å²) in [6.45, 7) is 2.08. The van der Waals surface area contributed by atoms with Crippen LogP contribution >= 0.6 is 11.6 Å². The van der Waals surface area contributed by atoms with Gasteiger partial charge in [-0.1, -0.05) is 17.7 Å². The van der Waals surface area contributed by atoms with Crippen LogP contribution in [0.15, 0.2) is 36.7 Å². The van der Waals surface area contributed by atoms with Crippen LogP contribution in [0.25, 0.3) is 10.9 Å². The lowest BCUT2D eigenvalue weighted by molar-refractivity contribution is 0.164. The van der Waals surface area contributed by atoms with E-state index in [4.69, 9.17) is 25.8 Å². The molecule has 0 bridgehead atoms. The zero-order valence-electron chi connectivity index (χ0n) is 15.1. The van der Waals surface area contributed by atoms with Crippen molar-refractivity contribution in [2.45, 2.75) is 18.9 Å². The third kappa shape index (κ3) is 3.16. The minimum Gasteiger partial charge on any atom is -0.489 e. The number of anilines is 2. The molecule has 2 N–H and O–H groups in total. The standard InChI is InChI=1S/C20H19ClN4O3/c21-13-4-5-16-19(27-11-26-16)18(13)25-20-17-14(23-10-24-20)2-1-3-15(17)28-12-6-8-22-9-7-12/h1-5,10,12,22H,6-9,11H2,(H,23,24,25). The van der Waals surface area contributed by atoms with Gasteiger partial charge in [0.25, 0.3) is 0 Å². The lowest BCUT2D eigenvalue weighted by Gasteiger charge is -2.24. The molecule has 8 heteroatoms. The average molecular weight is 399 g/mol. The molecular weight excluding hydrogens is 380 g/mol. The first-order valence-corrected chi connectivity index (χ1v) is 9.63. The van der Waals surface area contributed by atoms with Crippen molar-refractivity contribution in [2.75, 3.05) is 25.2 Å². The molecule has 2 aromatic carbocycles. The van der Waals surface area contributed by atoms with Gasteiger partial charge in [0.1, 0.15) is 29.7 Å². The van der Waals surface area contributed by atoms with Crippen molar-refractivity contribution in [1.29, 1.82) is 0 Å². The van der Waals surface area contributed by atoms with Crippen LogP contribution in [0.5, 0.6) is 17.2 Å². The van der Waals surface area contributed by atoms with E-state index in [0.29, 0.717) is 28.0 Å². The van der Waals surface area contributed by atoms with Gasteiger partial charge in [-0.05, 0) is 50.2 Å². The summed E-state index contributed by atoms with van der Waals surface area (Å²) in [5.74, 6) is 2.60. The van der Waals surface area contributed by atoms with E-state index in [1.165, 1.54) is 6.33 Å². The molecule has 0 saturated carbocycles. The first-order chi connectivity index (χ1) is 13.8. The number of halogens is 1. The van der Waals surface area contributed by atoms with Crippen molar-refractivity contribution in [2.24, 2.45) is 0 Å². The summed E-state index contributed by atoms with van der Waals surface area (Å²) in [4.78, 5) is 8.85. The van der Waals surface area contributed by atoms with Gasteiger partial charge >= 0.3 is 0 Å². The Balaban J connectivity index is 1.56. The highest BCUT2D eigenvalue weighted by Crippen LogP contribution is 2.45. The van der Waals surface area contributed by atoms with Gasteiger partial charge in [-0.3, -0.25) is 0 Å². The fraction of sp³-hybridized carbons (Fsp3) is 0.300. The van der Waals surface area contributed by atoms with Crippen molar-refractivity contribution in [1.82, 2.24) is 15.3 Å². The number of hydrogen-bond acceptors (Lipinski definition) is 7. The van der Waals surface area contributed by atoms with Gasteiger partial charge in [0.05, 0.1) is 15.9 Å². The first kappa shape index (κ1) is 17.3. The first-order valence-electron chi connectivity index (χ1n) is 9.26. The van der Waals surface area contributed by atoms with Gasteiger partial charge in [0.2, 0.25) is 6.79 Å². The molecule has 0 atom stereocenters. The number of ether oxygens (including phenoxy) is 3. The SMILES string of the molecule is Clc1ccc2c(c1Nc1ncnc3cccc(OC4CCNCC4)c13)OCO2. The lowest BCUT2D eigenvalue weighted by atomic mass is 10.1. The van der Waals surface area contributed by atoms with E-state index in [-0.39, 0.29) is 12.9 Å². The Kier molecular flexibility index (Phi) is 4.54. The van der Waals surface area contributed by atoms with E-state index < -0.39 is 0 Å². The summed E-state index contributed by atoms with van der Waals surface area (Å²) in [5, 5.41) is 8.00. The molecule has 1 saturated heterocycles. The van der Waals surface area contributed by atoms with E-state index in [2.05, 4.69) is 20.6 Å². The van der Waals surface area contributed by atoms with Gasteiger partial charge in [-0.25, -0.2) is 9.97 Å². The Morgan fingerprint density at radius 2 is 2.00 bits per heavy atom. The van der Waals surface area contributed by atoms with Crippen LogP contribution in [0.4, 0.5) is 11.5 Å². The predicted octanol–water partition coefficient (Wildman–Crippen LogP) is 3.89. The molecule has 3 heterocycles. The molecule has 144 valence electrons. The highest BCUT2D eigenvalue weighted by molar-refractivity contribution is 6.34. The molecule has 1 fully saturated rings. The highest BCUT2D eigenvalue weighted by atomic mass is 35.5. The normalized spacial score (nSPS) is 16.3. The lowest BCUT2D eigenvalue weighted by Crippen LogP contribution is -2.34. The predicted molar refractivity (Wildman–Crippen MR) is 107 cm³/mol. The number of nitrogens with zero attached hydrogens (tertiary/aromatic N) is 2. The van der Waals surface area contributed by atoms with Crippen LogP contribution in [0.2, 0.25) is 5.02 Å². The summed E-state index contributed by atoms with van der Waals surface area (Å²) in [6, 6.07) is 9.40. The number of hydrogen-bond donors (Lipinski definition) is 2. The third-order valence-electron chi connectivity index (χ3n) is 4.94. The van der Waals surface area contributed by atoms with Gasteiger partial charge in [0.15, 0.2) is 11.5 Å². The van der Waals surface area contributed by atoms with Gasteiger partial charge in [-0.15, -0.1) is 0 Å². The fourth-order valence-electron chi connectivity index (χ4n) is 3.55. The van der Waals surface area contributed by atoms with Gasteiger partial charge in [-0.2, -0.15) is 0 Å². The quantitative estimate of drug-likeness (QED) is 0.690. The van der Waals surface area contributed by atoms with Crippen molar-refractivity contribution >= 4 is 34.0 Å². The summed E-state index contributed by atoms with van der Waals surface area (Å²) in [5.41, 5.74) is 1.41. The van der Waals surface area contributed by atoms with E-state index in [1.54, 1.807) is 12.1 Å². The minimum atomic E-state index is 0.166. The van der Waals surface area contributed by atoms with E-state index in [1.807, 2.05) is 18.2 Å². The second-order valence-electron chi connectivity index (χ2n) is 6.72. The monoisotopic (exact) mass is 398 g/mol. The number of aromatic nitrogens is 2. The molecule has 1 aromatic heterocycles. The largest absolute Gasteiger partial charge is 0.489 e.